The third-order valence-electron chi connectivity index (χ3n) is 8.44. The molecule has 31 heteroatoms. The zero-order chi connectivity index (χ0) is 49.0. The van der Waals surface area contributed by atoms with Crippen LogP contribution in [0, 0.1) is 11.8 Å². The quantitative estimate of drug-likeness (QED) is 0.0133. The van der Waals surface area contributed by atoms with Gasteiger partial charge in [-0.1, -0.05) is 70.4 Å². The summed E-state index contributed by atoms with van der Waals surface area (Å²) in [4.78, 5) is 107. The molecular weight excluding hydrogens is 986 g/mol. The Hall–Kier alpha value is -3.22. The van der Waals surface area contributed by atoms with Gasteiger partial charge < -0.3 is 60.7 Å². The molecule has 0 bridgehead atoms. The van der Waals surface area contributed by atoms with Crippen LogP contribution in [0.5, 0.6) is 0 Å². The number of phosphoric acid groups is 3. The normalized spacial score (nSPS) is 20.0. The smallest absolute Gasteiger partial charge is 0.481 e. The molecule has 1 aliphatic carbocycles. The molecule has 2 aliphatic rings. The van der Waals surface area contributed by atoms with Gasteiger partial charge in [-0.15, -0.1) is 0 Å². The SMILES string of the molecule is CCB(S)C1=CC(C2CC(O)C(COP(=O)(O)OP(=O)(O)OP(=O)(O)O)O2)=CC=C(C#CCNC(=O)CCSSCCCCC(=O)NC(CC(=O)O)C(=O)NC(CC(=O)O)C(=O)O)C=C1. The van der Waals surface area contributed by atoms with Gasteiger partial charge in [0.15, 0.2) is 0 Å². The zero-order valence-electron chi connectivity index (χ0n) is 34.3. The van der Waals surface area contributed by atoms with Gasteiger partial charge in [-0.3, -0.25) is 28.5 Å². The summed E-state index contributed by atoms with van der Waals surface area (Å²) in [6.45, 7) is 1.11. The lowest BCUT2D eigenvalue weighted by atomic mass is 9.63. The number of hydrogen-bond donors (Lipinski definition) is 12. The van der Waals surface area contributed by atoms with Crippen LogP contribution in [0.2, 0.25) is 6.32 Å². The van der Waals surface area contributed by atoms with Crippen molar-refractivity contribution in [3.63, 3.8) is 0 Å². The average molecular weight is 1040 g/mol. The number of phosphoric ester groups is 1. The molecule has 3 amide bonds. The van der Waals surface area contributed by atoms with Crippen molar-refractivity contribution >= 4 is 99.2 Å². The molecule has 7 unspecified atom stereocenters. The van der Waals surface area contributed by atoms with Crippen LogP contribution in [0.3, 0.4) is 0 Å². The van der Waals surface area contributed by atoms with Crippen LogP contribution in [0.4, 0.5) is 0 Å². The fraction of sp³-hybridized carbons (Fsp3) is 0.529. The van der Waals surface area contributed by atoms with Crippen LogP contribution in [-0.2, 0) is 60.3 Å². The molecular formula is C34H49BN3O21P3S3. The number of carboxylic acid groups (broad SMARTS) is 3. The number of ether oxygens (including phenoxy) is 1. The van der Waals surface area contributed by atoms with Crippen molar-refractivity contribution in [1.82, 2.24) is 16.0 Å². The molecule has 0 aromatic heterocycles. The van der Waals surface area contributed by atoms with E-state index in [0.29, 0.717) is 41.8 Å². The molecule has 2 rings (SSSR count). The Kier molecular flexibility index (Phi) is 25.1. The number of aliphatic carboxylic acids is 3. The number of carbonyl (C=O) groups is 6. The van der Waals surface area contributed by atoms with Crippen LogP contribution in [0.25, 0.3) is 0 Å². The number of amides is 3. The number of carbonyl (C=O) groups excluding carboxylic acids is 3. The monoisotopic (exact) mass is 1040 g/mol. The third kappa shape index (κ3) is 24.4. The summed E-state index contributed by atoms with van der Waals surface area (Å²) < 4.78 is 52.6. The molecule has 1 fully saturated rings. The average Bonchev–Trinajstić information content (AvgIpc) is 3.54. The minimum absolute atomic E-state index is 0.00907. The van der Waals surface area contributed by atoms with Gasteiger partial charge in [0.25, 0.3) is 0 Å². The van der Waals surface area contributed by atoms with Crippen molar-refractivity contribution in [3.8, 4) is 11.8 Å². The van der Waals surface area contributed by atoms with Crippen molar-refractivity contribution in [3.05, 3.63) is 47.0 Å². The molecule has 65 heavy (non-hydrogen) atoms. The van der Waals surface area contributed by atoms with Gasteiger partial charge in [0, 0.05) is 36.3 Å². The van der Waals surface area contributed by atoms with Crippen LogP contribution in [0.15, 0.2) is 47.0 Å². The highest BCUT2D eigenvalue weighted by Gasteiger charge is 2.43. The summed E-state index contributed by atoms with van der Waals surface area (Å²) in [7, 11) is -13.9. The van der Waals surface area contributed by atoms with E-state index in [1.165, 1.54) is 21.6 Å². The Labute approximate surface area is 386 Å². The standard InChI is InChI=1S/C34H49BN3O21P3S3/c1-2-35(63)23-11-9-21(8-10-22(16-23)27-19-26(39)28(57-27)20-56-61(52,53)59-62(54,55)58-60(49,50)51)6-5-13-36-29(40)12-15-65-64-14-4-3-7-30(41)37-24(17-31(42)43)33(46)38-25(34(47)48)18-32(44)45/h8-11,16,24-28,39,63H,2-4,7,12-15,17-20H2,1H3,(H,36,40)(H,37,41)(H,38,46)(H,42,43)(H,44,45)(H,47,48)(H,52,53)(H,54,55)(H2,49,50,51). The first-order valence-corrected chi connectivity index (χ1v) is 26.7. The van der Waals surface area contributed by atoms with E-state index in [-0.39, 0.29) is 37.7 Å². The van der Waals surface area contributed by atoms with E-state index in [9.17, 15) is 57.4 Å². The molecule has 1 saturated heterocycles. The summed E-state index contributed by atoms with van der Waals surface area (Å²) in [5, 5.41) is 44.6. The van der Waals surface area contributed by atoms with E-state index in [4.69, 9.17) is 29.8 Å². The Bertz CT molecular complexity index is 2080. The third-order valence-corrected chi connectivity index (χ3v) is 15.4. The van der Waals surface area contributed by atoms with Crippen LogP contribution in [0.1, 0.15) is 51.9 Å². The number of rotatable bonds is 28. The van der Waals surface area contributed by atoms with E-state index in [2.05, 4.69) is 48.1 Å². The highest BCUT2D eigenvalue weighted by atomic mass is 33.1. The highest BCUT2D eigenvalue weighted by molar-refractivity contribution is 8.76. The number of carboxylic acids is 3. The van der Waals surface area contributed by atoms with Crippen LogP contribution in [-0.4, -0.2) is 137 Å². The predicted molar refractivity (Wildman–Crippen MR) is 238 cm³/mol. The second kappa shape index (κ2) is 28.2. The maximum atomic E-state index is 12.4. The number of allylic oxidation sites excluding steroid dienone is 6. The Morgan fingerprint density at radius 2 is 1.55 bits per heavy atom. The summed E-state index contributed by atoms with van der Waals surface area (Å²) in [6, 6.07) is -3.44. The summed E-state index contributed by atoms with van der Waals surface area (Å²) in [6.07, 6.45) is 5.28. The van der Waals surface area contributed by atoms with Crippen molar-refractivity contribution in [2.75, 3.05) is 24.7 Å². The minimum Gasteiger partial charge on any atom is -0.481 e. The Morgan fingerprint density at radius 3 is 2.18 bits per heavy atom. The van der Waals surface area contributed by atoms with Crippen molar-refractivity contribution in [2.24, 2.45) is 0 Å². The summed E-state index contributed by atoms with van der Waals surface area (Å²) in [5.41, 5.74) is 1.86. The lowest BCUT2D eigenvalue weighted by Gasteiger charge is -2.20. The Morgan fingerprint density at radius 1 is 0.892 bits per heavy atom. The molecule has 0 aromatic carbocycles. The fourth-order valence-corrected chi connectivity index (χ4v) is 10.7. The van der Waals surface area contributed by atoms with Crippen molar-refractivity contribution in [2.45, 2.75) is 88.6 Å². The van der Waals surface area contributed by atoms with Crippen LogP contribution < -0.4 is 16.0 Å². The minimum atomic E-state index is -5.74. The number of aliphatic hydroxyl groups is 1. The molecule has 7 atom stereocenters. The van der Waals surface area contributed by atoms with E-state index in [1.807, 2.05) is 12.2 Å². The van der Waals surface area contributed by atoms with Gasteiger partial charge in [0.1, 0.15) is 18.2 Å². The molecule has 1 aliphatic heterocycles. The topological polar surface area (TPSA) is 388 Å². The number of hydrogen-bond acceptors (Lipinski definition) is 17. The van der Waals surface area contributed by atoms with Gasteiger partial charge in [0.2, 0.25) is 23.7 Å². The summed E-state index contributed by atoms with van der Waals surface area (Å²) in [5.74, 6) is 0.0366. The van der Waals surface area contributed by atoms with Gasteiger partial charge in [-0.2, -0.15) is 8.62 Å². The maximum Gasteiger partial charge on any atom is 0.490 e. The van der Waals surface area contributed by atoms with Gasteiger partial charge in [-0.05, 0) is 30.6 Å². The fourth-order valence-electron chi connectivity index (χ4n) is 5.38. The largest absolute Gasteiger partial charge is 0.490 e. The molecule has 0 saturated carbocycles. The van der Waals surface area contributed by atoms with Crippen LogP contribution >= 0.6 is 57.5 Å². The van der Waals surface area contributed by atoms with E-state index in [0.717, 1.165) is 5.47 Å². The number of thiol groups is 1. The zero-order valence-corrected chi connectivity index (χ0v) is 39.5. The van der Waals surface area contributed by atoms with Gasteiger partial charge >= 0.3 is 41.4 Å². The molecule has 362 valence electrons. The lowest BCUT2D eigenvalue weighted by molar-refractivity contribution is -0.148. The van der Waals surface area contributed by atoms with Gasteiger partial charge in [0.05, 0.1) is 38.2 Å². The highest BCUT2D eigenvalue weighted by Crippen LogP contribution is 2.66. The van der Waals surface area contributed by atoms with E-state index >= 15 is 0 Å². The molecule has 0 radical (unpaired) electrons. The number of aliphatic hydroxyl groups excluding tert-OH is 1. The number of unbranched alkanes of at least 4 members (excludes halogenated alkanes) is 1. The second-order valence-electron chi connectivity index (χ2n) is 13.7. The van der Waals surface area contributed by atoms with Gasteiger partial charge in [-0.25, -0.2) is 31.0 Å². The van der Waals surface area contributed by atoms with Crippen molar-refractivity contribution < 1.29 is 100 Å². The number of nitrogens with one attached hydrogen (secondary N) is 3. The van der Waals surface area contributed by atoms with Crippen molar-refractivity contribution in [1.29, 1.82) is 0 Å². The molecule has 24 nitrogen and oxygen atoms in total. The second-order valence-corrected chi connectivity index (χ2v) is 21.4. The molecule has 0 aromatic rings. The first-order valence-electron chi connectivity index (χ1n) is 19.2. The Balaban J connectivity index is 1.83. The predicted octanol–water partition coefficient (Wildman–Crippen LogP) is 1.74. The first-order chi connectivity index (χ1) is 30.3. The van der Waals surface area contributed by atoms with E-state index < -0.39 is 103 Å². The summed E-state index contributed by atoms with van der Waals surface area (Å²) >= 11 is 4.64. The lowest BCUT2D eigenvalue weighted by Crippen LogP contribution is -2.52. The molecule has 11 N–H and O–H groups in total. The first kappa shape index (κ1) is 57.9. The maximum absolute atomic E-state index is 12.4. The molecule has 1 heterocycles. The van der Waals surface area contributed by atoms with E-state index in [1.54, 1.807) is 30.4 Å². The molecule has 0 spiro atoms.